The maximum Gasteiger partial charge on any atom is 0.228 e. The number of hydrogen-bond acceptors (Lipinski definition) is 3. The molecule has 0 aromatic rings. The van der Waals surface area contributed by atoms with Crippen LogP contribution in [0.15, 0.2) is 0 Å². The quantitative estimate of drug-likeness (QED) is 0.602. The lowest BCUT2D eigenvalue weighted by atomic mass is 9.92. The number of rotatable bonds is 1. The van der Waals surface area contributed by atoms with Crippen molar-refractivity contribution in [2.75, 3.05) is 26.3 Å². The third-order valence-corrected chi connectivity index (χ3v) is 2.69. The molecule has 0 saturated carbocycles. The van der Waals surface area contributed by atoms with Gasteiger partial charge in [0.2, 0.25) is 5.91 Å². The molecule has 2 aliphatic heterocycles. The number of likely N-dealkylation sites (tertiary alicyclic amines) is 1. The third kappa shape index (κ3) is 1.69. The molecule has 0 aromatic heterocycles. The molecule has 1 amide bonds. The fourth-order valence-corrected chi connectivity index (χ4v) is 1.97. The van der Waals surface area contributed by atoms with Gasteiger partial charge in [-0.2, -0.15) is 0 Å². The van der Waals surface area contributed by atoms with Gasteiger partial charge >= 0.3 is 0 Å². The lowest BCUT2D eigenvalue weighted by Gasteiger charge is -2.46. The molecule has 1 unspecified atom stereocenters. The van der Waals surface area contributed by atoms with Crippen molar-refractivity contribution < 1.29 is 9.53 Å². The van der Waals surface area contributed by atoms with Crippen LogP contribution in [-0.4, -0.2) is 42.6 Å². The first-order chi connectivity index (χ1) is 6.08. The molecular formula is C9H16N2O2. The molecule has 13 heavy (non-hydrogen) atoms. The van der Waals surface area contributed by atoms with Crippen LogP contribution in [0.1, 0.15) is 13.3 Å². The van der Waals surface area contributed by atoms with Crippen molar-refractivity contribution in [3.05, 3.63) is 0 Å². The number of ether oxygens (including phenoxy) is 1. The van der Waals surface area contributed by atoms with Crippen LogP contribution in [0.4, 0.5) is 0 Å². The van der Waals surface area contributed by atoms with E-state index in [0.717, 1.165) is 13.0 Å². The molecular weight excluding hydrogens is 168 g/mol. The van der Waals surface area contributed by atoms with Gasteiger partial charge in [0.05, 0.1) is 12.5 Å². The highest BCUT2D eigenvalue weighted by atomic mass is 16.5. The average Bonchev–Trinajstić information content (AvgIpc) is 2.50. The zero-order valence-electron chi connectivity index (χ0n) is 7.95. The summed E-state index contributed by atoms with van der Waals surface area (Å²) in [6.07, 6.45) is 0.872. The van der Waals surface area contributed by atoms with Gasteiger partial charge in [0.1, 0.15) is 0 Å². The van der Waals surface area contributed by atoms with Crippen molar-refractivity contribution in [1.29, 1.82) is 0 Å². The van der Waals surface area contributed by atoms with Crippen molar-refractivity contribution >= 4 is 5.91 Å². The summed E-state index contributed by atoms with van der Waals surface area (Å²) in [5.41, 5.74) is 5.67. The molecule has 2 rings (SSSR count). The standard InChI is InChI=1S/C9H16N2O2/c1-9(10)5-11(6-9)8(12)7-2-3-13-4-7/h7H,2-6,10H2,1H3. The molecule has 0 bridgehead atoms. The lowest BCUT2D eigenvalue weighted by Crippen LogP contribution is -2.67. The molecule has 0 aliphatic carbocycles. The third-order valence-electron chi connectivity index (χ3n) is 2.69. The lowest BCUT2D eigenvalue weighted by molar-refractivity contribution is -0.142. The van der Waals surface area contributed by atoms with Crippen molar-refractivity contribution in [2.24, 2.45) is 11.7 Å². The molecule has 1 atom stereocenters. The smallest absolute Gasteiger partial charge is 0.228 e. The predicted octanol–water partition coefficient (Wildman–Crippen LogP) is -0.417. The second-order valence-electron chi connectivity index (χ2n) is 4.41. The highest BCUT2D eigenvalue weighted by molar-refractivity contribution is 5.80. The zero-order chi connectivity index (χ0) is 9.47. The molecule has 2 aliphatic rings. The summed E-state index contributed by atoms with van der Waals surface area (Å²) < 4.78 is 5.17. The number of hydrogen-bond donors (Lipinski definition) is 1. The molecule has 2 saturated heterocycles. The normalized spacial score (nSPS) is 31.5. The average molecular weight is 184 g/mol. The summed E-state index contributed by atoms with van der Waals surface area (Å²) in [6.45, 7) is 4.69. The molecule has 0 radical (unpaired) electrons. The molecule has 0 aromatic carbocycles. The topological polar surface area (TPSA) is 55.6 Å². The molecule has 4 heteroatoms. The van der Waals surface area contributed by atoms with Crippen LogP contribution < -0.4 is 5.73 Å². The van der Waals surface area contributed by atoms with Gasteiger partial charge in [0, 0.05) is 25.2 Å². The second kappa shape index (κ2) is 2.96. The van der Waals surface area contributed by atoms with Crippen molar-refractivity contribution in [2.45, 2.75) is 18.9 Å². The summed E-state index contributed by atoms with van der Waals surface area (Å²) >= 11 is 0. The monoisotopic (exact) mass is 184 g/mol. The van der Waals surface area contributed by atoms with Crippen molar-refractivity contribution in [3.63, 3.8) is 0 Å². The second-order valence-corrected chi connectivity index (χ2v) is 4.41. The van der Waals surface area contributed by atoms with Crippen molar-refractivity contribution in [3.8, 4) is 0 Å². The van der Waals surface area contributed by atoms with Gasteiger partial charge in [0.15, 0.2) is 0 Å². The Hall–Kier alpha value is -0.610. The number of carbonyl (C=O) groups is 1. The van der Waals surface area contributed by atoms with Crippen molar-refractivity contribution in [1.82, 2.24) is 4.90 Å². The Kier molecular flexibility index (Phi) is 2.04. The van der Waals surface area contributed by atoms with Gasteiger partial charge in [0.25, 0.3) is 0 Å². The van der Waals surface area contributed by atoms with Crippen LogP contribution in [0.2, 0.25) is 0 Å². The molecule has 4 nitrogen and oxygen atoms in total. The minimum Gasteiger partial charge on any atom is -0.381 e. The van der Waals surface area contributed by atoms with Gasteiger partial charge < -0.3 is 15.4 Å². The summed E-state index contributed by atoms with van der Waals surface area (Å²) in [7, 11) is 0. The van der Waals surface area contributed by atoms with Gasteiger partial charge in [-0.05, 0) is 13.3 Å². The largest absolute Gasteiger partial charge is 0.381 e. The first kappa shape index (κ1) is 8.97. The fraction of sp³-hybridized carbons (Fsp3) is 0.889. The summed E-state index contributed by atoms with van der Waals surface area (Å²) in [5.74, 6) is 0.316. The van der Waals surface area contributed by atoms with E-state index in [9.17, 15) is 4.79 Å². The van der Waals surface area contributed by atoms with Crippen LogP contribution in [0, 0.1) is 5.92 Å². The number of nitrogens with zero attached hydrogens (tertiary/aromatic N) is 1. The number of amides is 1. The minimum atomic E-state index is -0.158. The Bertz CT molecular complexity index is 214. The Balaban J connectivity index is 1.85. The molecule has 2 heterocycles. The van der Waals surface area contributed by atoms with E-state index in [-0.39, 0.29) is 17.4 Å². The molecule has 74 valence electrons. The maximum atomic E-state index is 11.7. The maximum absolute atomic E-state index is 11.7. The van der Waals surface area contributed by atoms with Crippen LogP contribution in [0.25, 0.3) is 0 Å². The van der Waals surface area contributed by atoms with Gasteiger partial charge in [-0.3, -0.25) is 4.79 Å². The Labute approximate surface area is 78.0 Å². The van der Waals surface area contributed by atoms with E-state index >= 15 is 0 Å². The highest BCUT2D eigenvalue weighted by Gasteiger charge is 2.40. The van der Waals surface area contributed by atoms with Gasteiger partial charge in [-0.15, -0.1) is 0 Å². The van der Waals surface area contributed by atoms with Crippen LogP contribution in [0.3, 0.4) is 0 Å². The Morgan fingerprint density at radius 1 is 1.62 bits per heavy atom. The van der Waals surface area contributed by atoms with E-state index in [0.29, 0.717) is 19.7 Å². The zero-order valence-corrected chi connectivity index (χ0v) is 7.95. The van der Waals surface area contributed by atoms with E-state index in [4.69, 9.17) is 10.5 Å². The number of nitrogens with two attached hydrogens (primary N) is 1. The highest BCUT2D eigenvalue weighted by Crippen LogP contribution is 2.23. The van der Waals surface area contributed by atoms with Crippen LogP contribution in [0.5, 0.6) is 0 Å². The minimum absolute atomic E-state index is 0.0936. The van der Waals surface area contributed by atoms with E-state index in [1.54, 1.807) is 0 Å². The van der Waals surface area contributed by atoms with E-state index in [2.05, 4.69) is 0 Å². The molecule has 2 N–H and O–H groups in total. The fourth-order valence-electron chi connectivity index (χ4n) is 1.97. The Morgan fingerprint density at radius 2 is 2.31 bits per heavy atom. The predicted molar refractivity (Wildman–Crippen MR) is 48.1 cm³/mol. The number of carbonyl (C=O) groups excluding carboxylic acids is 1. The van der Waals surface area contributed by atoms with E-state index in [1.165, 1.54) is 0 Å². The van der Waals surface area contributed by atoms with Gasteiger partial charge in [-0.25, -0.2) is 0 Å². The van der Waals surface area contributed by atoms with Gasteiger partial charge in [-0.1, -0.05) is 0 Å². The molecule has 0 spiro atoms. The van der Waals surface area contributed by atoms with E-state index < -0.39 is 0 Å². The molecule has 2 fully saturated rings. The summed E-state index contributed by atoms with van der Waals surface area (Å²) in [4.78, 5) is 13.5. The Morgan fingerprint density at radius 3 is 2.77 bits per heavy atom. The van der Waals surface area contributed by atoms with Crippen LogP contribution >= 0.6 is 0 Å². The first-order valence-corrected chi connectivity index (χ1v) is 4.74. The summed E-state index contributed by atoms with van der Waals surface area (Å²) in [6, 6.07) is 0. The first-order valence-electron chi connectivity index (χ1n) is 4.74. The summed E-state index contributed by atoms with van der Waals surface area (Å²) in [5, 5.41) is 0. The van der Waals surface area contributed by atoms with E-state index in [1.807, 2.05) is 11.8 Å². The van der Waals surface area contributed by atoms with Crippen LogP contribution in [-0.2, 0) is 9.53 Å². The SMILES string of the molecule is CC1(N)CN(C(=O)C2CCOC2)C1.